The molecule has 0 spiro atoms. The Morgan fingerprint density at radius 2 is 1.81 bits per heavy atom. The van der Waals surface area contributed by atoms with Crippen LogP contribution in [0.15, 0.2) is 28.7 Å². The molecule has 0 atom stereocenters. The minimum absolute atomic E-state index is 0.113. The molecule has 1 aliphatic carbocycles. The summed E-state index contributed by atoms with van der Waals surface area (Å²) in [6, 6.07) is 7.64. The van der Waals surface area contributed by atoms with Crippen LogP contribution < -0.4 is 4.90 Å². The molecule has 1 aromatic carbocycles. The number of unbranched alkanes of at least 4 members (excludes halogenated alkanes) is 1. The van der Waals surface area contributed by atoms with E-state index in [1.807, 2.05) is 40.5 Å². The van der Waals surface area contributed by atoms with Crippen LogP contribution in [0.25, 0.3) is 10.2 Å². The summed E-state index contributed by atoms with van der Waals surface area (Å²) in [5.41, 5.74) is 2.24. The molecule has 2 aliphatic rings. The molecule has 7 heteroatoms. The number of aromatic nitrogens is 2. The number of hydrogen-bond acceptors (Lipinski definition) is 5. The Balaban J connectivity index is 1.41. The van der Waals surface area contributed by atoms with Crippen molar-refractivity contribution < 1.29 is 4.79 Å². The van der Waals surface area contributed by atoms with Gasteiger partial charge in [-0.25, -0.2) is 9.97 Å². The third-order valence-corrected chi connectivity index (χ3v) is 8.27. The molecule has 0 saturated carbocycles. The van der Waals surface area contributed by atoms with Crippen molar-refractivity contribution in [3.05, 3.63) is 50.6 Å². The van der Waals surface area contributed by atoms with E-state index in [0.29, 0.717) is 0 Å². The van der Waals surface area contributed by atoms with E-state index in [1.54, 1.807) is 0 Å². The van der Waals surface area contributed by atoms with Crippen molar-refractivity contribution in [1.29, 1.82) is 0 Å². The molecule has 32 heavy (non-hydrogen) atoms. The van der Waals surface area contributed by atoms with Gasteiger partial charge in [0.1, 0.15) is 16.5 Å². The van der Waals surface area contributed by atoms with Gasteiger partial charge in [-0.2, -0.15) is 0 Å². The maximum Gasteiger partial charge on any atom is 0.253 e. The van der Waals surface area contributed by atoms with Crippen LogP contribution in [0.2, 0.25) is 0 Å². The highest BCUT2D eigenvalue weighted by atomic mass is 79.9. The Bertz CT molecular complexity index is 1120. The van der Waals surface area contributed by atoms with Crippen molar-refractivity contribution in [1.82, 2.24) is 14.9 Å². The van der Waals surface area contributed by atoms with Crippen molar-refractivity contribution >= 4 is 49.2 Å². The van der Waals surface area contributed by atoms with Crippen LogP contribution in [-0.2, 0) is 19.3 Å². The number of anilines is 1. The fourth-order valence-electron chi connectivity index (χ4n) is 4.75. The average Bonchev–Trinajstić information content (AvgIpc) is 3.21. The highest BCUT2D eigenvalue weighted by Crippen LogP contribution is 2.40. The van der Waals surface area contributed by atoms with Gasteiger partial charge in [0.05, 0.1) is 5.39 Å². The molecule has 2 aromatic heterocycles. The van der Waals surface area contributed by atoms with E-state index in [0.717, 1.165) is 73.5 Å². The zero-order valence-electron chi connectivity index (χ0n) is 18.6. The molecule has 0 unspecified atom stereocenters. The Kier molecular flexibility index (Phi) is 6.47. The largest absolute Gasteiger partial charge is 0.352 e. The number of aryl methyl sites for hydroxylation is 3. The number of carbonyl (C=O) groups excluding carboxylic acids is 1. The summed E-state index contributed by atoms with van der Waals surface area (Å²) >= 11 is 5.33. The standard InChI is InChI=1S/C25H29BrN4OS/c1-2-3-8-21-27-23(22-19-6-4-5-7-20(19)32-24(22)28-21)29-13-15-30(16-14-29)25(31)17-9-11-18(26)12-10-17/h9-12H,2-8,13-16H2,1H3. The van der Waals surface area contributed by atoms with Crippen molar-refractivity contribution in [2.45, 2.75) is 51.9 Å². The molecule has 0 bridgehead atoms. The Morgan fingerprint density at radius 3 is 2.56 bits per heavy atom. The fraction of sp³-hybridized carbons (Fsp3) is 0.480. The number of amides is 1. The van der Waals surface area contributed by atoms with Gasteiger partial charge in [0, 0.05) is 47.5 Å². The van der Waals surface area contributed by atoms with Gasteiger partial charge in [0.15, 0.2) is 0 Å². The van der Waals surface area contributed by atoms with Crippen LogP contribution in [0.5, 0.6) is 0 Å². The van der Waals surface area contributed by atoms with Crippen LogP contribution in [0.4, 0.5) is 5.82 Å². The summed E-state index contributed by atoms with van der Waals surface area (Å²) in [4.78, 5) is 30.1. The van der Waals surface area contributed by atoms with E-state index in [2.05, 4.69) is 27.8 Å². The third kappa shape index (κ3) is 4.29. The zero-order chi connectivity index (χ0) is 22.1. The van der Waals surface area contributed by atoms with E-state index in [1.165, 1.54) is 39.9 Å². The van der Waals surface area contributed by atoms with Gasteiger partial charge < -0.3 is 9.80 Å². The molecule has 5 rings (SSSR count). The first-order valence-electron chi connectivity index (χ1n) is 11.7. The van der Waals surface area contributed by atoms with Crippen LogP contribution in [0.1, 0.15) is 59.2 Å². The van der Waals surface area contributed by atoms with Crippen LogP contribution in [0.3, 0.4) is 0 Å². The van der Waals surface area contributed by atoms with Gasteiger partial charge in [-0.3, -0.25) is 4.79 Å². The zero-order valence-corrected chi connectivity index (χ0v) is 21.0. The second-order valence-corrected chi connectivity index (χ2v) is 10.7. The third-order valence-electron chi connectivity index (χ3n) is 6.55. The smallest absolute Gasteiger partial charge is 0.253 e. The van der Waals surface area contributed by atoms with Gasteiger partial charge in [-0.1, -0.05) is 29.3 Å². The highest BCUT2D eigenvalue weighted by molar-refractivity contribution is 9.10. The predicted octanol–water partition coefficient (Wildman–Crippen LogP) is 5.64. The summed E-state index contributed by atoms with van der Waals surface area (Å²) in [5.74, 6) is 2.19. The van der Waals surface area contributed by atoms with Crippen molar-refractivity contribution in [3.63, 3.8) is 0 Å². The monoisotopic (exact) mass is 512 g/mol. The van der Waals surface area contributed by atoms with E-state index < -0.39 is 0 Å². The molecule has 3 heterocycles. The number of halogens is 1. The summed E-state index contributed by atoms with van der Waals surface area (Å²) in [6.45, 7) is 5.28. The van der Waals surface area contributed by atoms with E-state index >= 15 is 0 Å². The van der Waals surface area contributed by atoms with Gasteiger partial charge in [-0.15, -0.1) is 11.3 Å². The molecule has 0 N–H and O–H groups in total. The second-order valence-electron chi connectivity index (χ2n) is 8.74. The van der Waals surface area contributed by atoms with Crippen molar-refractivity contribution in [2.75, 3.05) is 31.1 Å². The Labute approximate surface area is 202 Å². The first kappa shape index (κ1) is 21.8. The van der Waals surface area contributed by atoms with Gasteiger partial charge in [-0.05, 0) is 61.9 Å². The molecule has 0 radical (unpaired) electrons. The van der Waals surface area contributed by atoms with E-state index in [9.17, 15) is 4.79 Å². The quantitative estimate of drug-likeness (QED) is 0.443. The first-order valence-corrected chi connectivity index (χ1v) is 13.4. The molecule has 1 amide bonds. The van der Waals surface area contributed by atoms with Crippen LogP contribution in [0, 0.1) is 0 Å². The molecule has 5 nitrogen and oxygen atoms in total. The lowest BCUT2D eigenvalue weighted by Crippen LogP contribution is -2.49. The summed E-state index contributed by atoms with van der Waals surface area (Å²) < 4.78 is 0.990. The molecule has 1 saturated heterocycles. The number of piperazine rings is 1. The minimum atomic E-state index is 0.113. The number of rotatable bonds is 5. The van der Waals surface area contributed by atoms with Gasteiger partial charge in [0.2, 0.25) is 0 Å². The number of benzene rings is 1. The minimum Gasteiger partial charge on any atom is -0.352 e. The molecule has 1 aliphatic heterocycles. The van der Waals surface area contributed by atoms with Gasteiger partial charge >= 0.3 is 0 Å². The number of nitrogens with zero attached hydrogens (tertiary/aromatic N) is 4. The number of thiophene rings is 1. The van der Waals surface area contributed by atoms with Gasteiger partial charge in [0.25, 0.3) is 5.91 Å². The van der Waals surface area contributed by atoms with E-state index in [4.69, 9.17) is 9.97 Å². The molecule has 1 fully saturated rings. The Hall–Kier alpha value is -1.99. The summed E-state index contributed by atoms with van der Waals surface area (Å²) in [6.07, 6.45) is 8.05. The predicted molar refractivity (Wildman–Crippen MR) is 135 cm³/mol. The molecule has 168 valence electrons. The second kappa shape index (κ2) is 9.48. The van der Waals surface area contributed by atoms with E-state index in [-0.39, 0.29) is 5.91 Å². The van der Waals surface area contributed by atoms with Crippen molar-refractivity contribution in [3.8, 4) is 0 Å². The lowest BCUT2D eigenvalue weighted by atomic mass is 9.96. The molecular weight excluding hydrogens is 484 g/mol. The normalized spacial score (nSPS) is 16.4. The summed E-state index contributed by atoms with van der Waals surface area (Å²) in [5, 5.41) is 1.29. The number of fused-ring (bicyclic) bond motifs is 3. The number of carbonyl (C=O) groups is 1. The topological polar surface area (TPSA) is 49.3 Å². The maximum atomic E-state index is 13.0. The molecule has 3 aromatic rings. The lowest BCUT2D eigenvalue weighted by Gasteiger charge is -2.36. The Morgan fingerprint density at radius 1 is 1.06 bits per heavy atom. The lowest BCUT2D eigenvalue weighted by molar-refractivity contribution is 0.0746. The maximum absolute atomic E-state index is 13.0. The average molecular weight is 514 g/mol. The van der Waals surface area contributed by atoms with Crippen LogP contribution >= 0.6 is 27.3 Å². The molecular formula is C25H29BrN4OS. The fourth-order valence-corrected chi connectivity index (χ4v) is 6.29. The SMILES string of the molecule is CCCCc1nc(N2CCN(C(=O)c3ccc(Br)cc3)CC2)c2c3c(sc2n1)CCCC3. The van der Waals surface area contributed by atoms with Crippen molar-refractivity contribution in [2.24, 2.45) is 0 Å². The summed E-state index contributed by atoms with van der Waals surface area (Å²) in [7, 11) is 0. The van der Waals surface area contributed by atoms with Crippen LogP contribution in [-0.4, -0.2) is 47.0 Å². The first-order chi connectivity index (χ1) is 15.6. The number of hydrogen-bond donors (Lipinski definition) is 0. The highest BCUT2D eigenvalue weighted by Gasteiger charge is 2.27.